The van der Waals surface area contributed by atoms with Crippen molar-refractivity contribution in [3.63, 3.8) is 0 Å². The van der Waals surface area contributed by atoms with Gasteiger partial charge in [0.15, 0.2) is 0 Å². The van der Waals surface area contributed by atoms with E-state index in [4.69, 9.17) is 0 Å². The third-order valence-electron chi connectivity index (χ3n) is 4.29. The normalized spacial score (nSPS) is 26.9. The van der Waals surface area contributed by atoms with E-state index in [1.165, 1.54) is 11.3 Å². The molecule has 2 saturated heterocycles. The third kappa shape index (κ3) is 2.53. The summed E-state index contributed by atoms with van der Waals surface area (Å²) in [6.07, 6.45) is 2.13. The molecule has 3 atom stereocenters. The van der Waals surface area contributed by atoms with Crippen LogP contribution in [0.2, 0.25) is 0 Å². The Bertz CT molecular complexity index is 572. The third-order valence-corrected chi connectivity index (χ3v) is 5.16. The molecule has 21 heavy (non-hydrogen) atoms. The topological polar surface area (TPSA) is 86.7 Å². The molecule has 2 fully saturated rings. The monoisotopic (exact) mass is 308 g/mol. The molecule has 112 valence electrons. The van der Waals surface area contributed by atoms with Gasteiger partial charge in [-0.2, -0.15) is 0 Å². The van der Waals surface area contributed by atoms with E-state index in [0.717, 1.165) is 12.8 Å². The number of carbonyl (C=O) groups is 3. The molecule has 2 N–H and O–H groups in total. The smallest absolute Gasteiger partial charge is 0.308 e. The van der Waals surface area contributed by atoms with Gasteiger partial charge in [-0.15, -0.1) is 11.3 Å². The molecule has 7 heteroatoms. The zero-order chi connectivity index (χ0) is 15.0. The van der Waals surface area contributed by atoms with Crippen LogP contribution in [-0.4, -0.2) is 46.4 Å². The van der Waals surface area contributed by atoms with Gasteiger partial charge in [-0.1, -0.05) is 6.07 Å². The van der Waals surface area contributed by atoms with Crippen molar-refractivity contribution in [3.05, 3.63) is 22.4 Å². The van der Waals surface area contributed by atoms with E-state index < -0.39 is 11.9 Å². The average Bonchev–Trinajstić information content (AvgIpc) is 3.18. The van der Waals surface area contributed by atoms with Crippen LogP contribution < -0.4 is 5.32 Å². The second kappa shape index (κ2) is 5.48. The summed E-state index contributed by atoms with van der Waals surface area (Å²) < 4.78 is 0. The van der Waals surface area contributed by atoms with Crippen molar-refractivity contribution in [2.24, 2.45) is 5.92 Å². The summed E-state index contributed by atoms with van der Waals surface area (Å²) in [5, 5.41) is 13.6. The summed E-state index contributed by atoms with van der Waals surface area (Å²) in [6, 6.07) is 3.28. The summed E-state index contributed by atoms with van der Waals surface area (Å²) in [6.45, 7) is -0.0733. The molecule has 0 aromatic carbocycles. The molecule has 3 unspecified atom stereocenters. The molecule has 2 aliphatic heterocycles. The van der Waals surface area contributed by atoms with Gasteiger partial charge >= 0.3 is 5.97 Å². The quantitative estimate of drug-likeness (QED) is 0.867. The van der Waals surface area contributed by atoms with Crippen LogP contribution >= 0.6 is 11.3 Å². The molecule has 3 rings (SSSR count). The first kappa shape index (κ1) is 14.1. The summed E-state index contributed by atoms with van der Waals surface area (Å²) >= 11 is 1.32. The van der Waals surface area contributed by atoms with E-state index in [2.05, 4.69) is 5.32 Å². The number of carboxylic acid groups (broad SMARTS) is 1. The van der Waals surface area contributed by atoms with Crippen LogP contribution in [0.15, 0.2) is 17.5 Å². The largest absolute Gasteiger partial charge is 0.481 e. The fourth-order valence-electron chi connectivity index (χ4n) is 3.38. The molecule has 0 aliphatic carbocycles. The van der Waals surface area contributed by atoms with E-state index >= 15 is 0 Å². The standard InChI is InChI=1S/C14H16N2O4S/c17-12(7-15-13(18)11-2-1-5-21-11)16-8-3-4-10(16)9(6-8)14(19)20/h1-2,5,8-10H,3-4,6-7H2,(H,15,18)(H,19,20). The minimum Gasteiger partial charge on any atom is -0.481 e. The highest BCUT2D eigenvalue weighted by Gasteiger charge is 2.51. The fraction of sp³-hybridized carbons (Fsp3) is 0.500. The maximum absolute atomic E-state index is 12.3. The molecule has 3 heterocycles. The van der Waals surface area contributed by atoms with Crippen molar-refractivity contribution in [1.82, 2.24) is 10.2 Å². The van der Waals surface area contributed by atoms with Gasteiger partial charge in [-0.3, -0.25) is 14.4 Å². The van der Waals surface area contributed by atoms with Crippen LogP contribution in [-0.2, 0) is 9.59 Å². The second-order valence-corrected chi connectivity index (χ2v) is 6.39. The van der Waals surface area contributed by atoms with Gasteiger partial charge in [0.25, 0.3) is 5.91 Å². The number of hydrogen-bond donors (Lipinski definition) is 2. The van der Waals surface area contributed by atoms with Gasteiger partial charge in [-0.05, 0) is 30.7 Å². The lowest BCUT2D eigenvalue weighted by molar-refractivity contribution is -0.143. The zero-order valence-electron chi connectivity index (χ0n) is 11.3. The van der Waals surface area contributed by atoms with E-state index in [1.807, 2.05) is 0 Å². The Morgan fingerprint density at radius 2 is 2.19 bits per heavy atom. The molecule has 0 spiro atoms. The number of thiophene rings is 1. The first-order valence-corrected chi connectivity index (χ1v) is 7.81. The van der Waals surface area contributed by atoms with Crippen LogP contribution in [0.3, 0.4) is 0 Å². The lowest BCUT2D eigenvalue weighted by atomic mass is 9.89. The predicted molar refractivity (Wildman–Crippen MR) is 76.1 cm³/mol. The van der Waals surface area contributed by atoms with E-state index in [0.29, 0.717) is 11.3 Å². The number of nitrogens with zero attached hydrogens (tertiary/aromatic N) is 1. The average molecular weight is 308 g/mol. The van der Waals surface area contributed by atoms with Gasteiger partial charge < -0.3 is 15.3 Å². The molecule has 2 amide bonds. The fourth-order valence-corrected chi connectivity index (χ4v) is 4.02. The van der Waals surface area contributed by atoms with Crippen molar-refractivity contribution < 1.29 is 19.5 Å². The Hall–Kier alpha value is -1.89. The number of carboxylic acids is 1. The van der Waals surface area contributed by atoms with Gasteiger partial charge in [0.05, 0.1) is 17.3 Å². The van der Waals surface area contributed by atoms with Crippen LogP contribution in [0, 0.1) is 5.92 Å². The number of hydrogen-bond acceptors (Lipinski definition) is 4. The van der Waals surface area contributed by atoms with Gasteiger partial charge in [-0.25, -0.2) is 0 Å². The summed E-state index contributed by atoms with van der Waals surface area (Å²) in [7, 11) is 0. The van der Waals surface area contributed by atoms with E-state index in [9.17, 15) is 19.5 Å². The Kier molecular flexibility index (Phi) is 3.67. The van der Waals surface area contributed by atoms with Crippen LogP contribution in [0.4, 0.5) is 0 Å². The minimum atomic E-state index is -0.831. The molecule has 2 aliphatic rings. The number of amides is 2. The summed E-state index contributed by atoms with van der Waals surface area (Å²) in [5.41, 5.74) is 0. The molecule has 1 aromatic rings. The lowest BCUT2D eigenvalue weighted by Gasteiger charge is -2.23. The number of carbonyl (C=O) groups excluding carboxylic acids is 2. The van der Waals surface area contributed by atoms with E-state index in [-0.39, 0.29) is 30.4 Å². The first-order chi connectivity index (χ1) is 10.1. The summed E-state index contributed by atoms with van der Waals surface area (Å²) in [5.74, 6) is -1.74. The van der Waals surface area contributed by atoms with Crippen molar-refractivity contribution in [3.8, 4) is 0 Å². The highest BCUT2D eigenvalue weighted by molar-refractivity contribution is 7.12. The first-order valence-electron chi connectivity index (χ1n) is 6.93. The van der Waals surface area contributed by atoms with Gasteiger partial charge in [0.1, 0.15) is 0 Å². The van der Waals surface area contributed by atoms with Crippen LogP contribution in [0.5, 0.6) is 0 Å². The molecular weight excluding hydrogens is 292 g/mol. The molecule has 6 nitrogen and oxygen atoms in total. The van der Waals surface area contributed by atoms with Crippen LogP contribution in [0.25, 0.3) is 0 Å². The van der Waals surface area contributed by atoms with Crippen LogP contribution in [0.1, 0.15) is 28.9 Å². The van der Waals surface area contributed by atoms with Crippen molar-refractivity contribution in [2.75, 3.05) is 6.54 Å². The SMILES string of the molecule is O=C(NCC(=O)N1C2CCC1C(C(=O)O)C2)c1cccs1. The van der Waals surface area contributed by atoms with Crippen molar-refractivity contribution >= 4 is 29.1 Å². The Morgan fingerprint density at radius 3 is 2.81 bits per heavy atom. The maximum atomic E-state index is 12.3. The molecule has 0 radical (unpaired) electrons. The van der Waals surface area contributed by atoms with Crippen molar-refractivity contribution in [1.29, 1.82) is 0 Å². The lowest BCUT2D eigenvalue weighted by Crippen LogP contribution is -2.43. The number of aliphatic carboxylic acids is 1. The molecule has 2 bridgehead atoms. The van der Waals surface area contributed by atoms with Gasteiger partial charge in [0.2, 0.25) is 5.91 Å². The summed E-state index contributed by atoms with van der Waals surface area (Å²) in [4.78, 5) is 37.5. The Morgan fingerprint density at radius 1 is 1.38 bits per heavy atom. The molecule has 0 saturated carbocycles. The minimum absolute atomic E-state index is 0.0160. The highest BCUT2D eigenvalue weighted by Crippen LogP contribution is 2.41. The molecule has 1 aromatic heterocycles. The van der Waals surface area contributed by atoms with Gasteiger partial charge in [0, 0.05) is 12.1 Å². The van der Waals surface area contributed by atoms with E-state index in [1.54, 1.807) is 22.4 Å². The predicted octanol–water partition coefficient (Wildman–Crippen LogP) is 0.942. The molecular formula is C14H16N2O4S. The maximum Gasteiger partial charge on any atom is 0.308 e. The Labute approximate surface area is 125 Å². The number of rotatable bonds is 4. The zero-order valence-corrected chi connectivity index (χ0v) is 12.1. The second-order valence-electron chi connectivity index (χ2n) is 5.44. The van der Waals surface area contributed by atoms with Crippen molar-refractivity contribution in [2.45, 2.75) is 31.3 Å². The number of nitrogens with one attached hydrogen (secondary N) is 1. The Balaban J connectivity index is 1.59. The highest BCUT2D eigenvalue weighted by atomic mass is 32.1. The number of fused-ring (bicyclic) bond motifs is 2.